The summed E-state index contributed by atoms with van der Waals surface area (Å²) in [6, 6.07) is 16.9. The molecule has 0 saturated carbocycles. The van der Waals surface area contributed by atoms with Crippen molar-refractivity contribution in [3.05, 3.63) is 72.2 Å². The third-order valence-electron chi connectivity index (χ3n) is 3.97. The van der Waals surface area contributed by atoms with Gasteiger partial charge in [-0.3, -0.25) is 0 Å². The van der Waals surface area contributed by atoms with Gasteiger partial charge in [0.2, 0.25) is 0 Å². The van der Waals surface area contributed by atoms with Crippen molar-refractivity contribution in [2.45, 2.75) is 6.92 Å². The van der Waals surface area contributed by atoms with E-state index in [0.29, 0.717) is 11.3 Å². The quantitative estimate of drug-likeness (QED) is 0.563. The number of ether oxygens (including phenoxy) is 1. The van der Waals surface area contributed by atoms with Gasteiger partial charge in [0.05, 0.1) is 17.1 Å². The monoisotopic (exact) mass is 341 g/mol. The van der Waals surface area contributed by atoms with Crippen LogP contribution in [0.15, 0.2) is 61.1 Å². The van der Waals surface area contributed by atoms with Crippen molar-refractivity contribution in [1.82, 2.24) is 15.0 Å². The van der Waals surface area contributed by atoms with Crippen LogP contribution >= 0.6 is 0 Å². The topological polar surface area (TPSA) is 86.6 Å². The number of nitriles is 1. The highest BCUT2D eigenvalue weighted by Gasteiger charge is 2.07. The van der Waals surface area contributed by atoms with Crippen LogP contribution in [0.25, 0.3) is 11.0 Å². The molecule has 0 aliphatic heterocycles. The van der Waals surface area contributed by atoms with Gasteiger partial charge in [0.25, 0.3) is 0 Å². The number of aromatic nitrogens is 3. The molecule has 0 radical (unpaired) electrons. The van der Waals surface area contributed by atoms with Crippen molar-refractivity contribution in [2.24, 2.45) is 0 Å². The first-order valence-corrected chi connectivity index (χ1v) is 8.07. The first kappa shape index (κ1) is 15.7. The van der Waals surface area contributed by atoms with E-state index in [-0.39, 0.29) is 0 Å². The second-order valence-corrected chi connectivity index (χ2v) is 5.81. The van der Waals surface area contributed by atoms with Gasteiger partial charge in [-0.1, -0.05) is 6.07 Å². The Bertz CT molecular complexity index is 1130. The third-order valence-corrected chi connectivity index (χ3v) is 3.97. The molecular weight excluding hydrogens is 326 g/mol. The second kappa shape index (κ2) is 6.57. The lowest BCUT2D eigenvalue weighted by atomic mass is 10.2. The zero-order valence-electron chi connectivity index (χ0n) is 14.0. The van der Waals surface area contributed by atoms with Crippen LogP contribution in [0.3, 0.4) is 0 Å². The Morgan fingerprint density at radius 2 is 2.04 bits per heavy atom. The van der Waals surface area contributed by atoms with Crippen LogP contribution in [-0.4, -0.2) is 15.0 Å². The molecule has 2 aromatic carbocycles. The van der Waals surface area contributed by atoms with E-state index in [2.05, 4.69) is 26.3 Å². The zero-order valence-corrected chi connectivity index (χ0v) is 14.0. The van der Waals surface area contributed by atoms with E-state index in [4.69, 9.17) is 10.00 Å². The average Bonchev–Trinajstić information content (AvgIpc) is 3.14. The maximum Gasteiger partial charge on any atom is 0.158 e. The van der Waals surface area contributed by atoms with Crippen LogP contribution in [0.1, 0.15) is 11.1 Å². The van der Waals surface area contributed by atoms with Crippen molar-refractivity contribution in [3.8, 4) is 17.6 Å². The van der Waals surface area contributed by atoms with Gasteiger partial charge in [-0.2, -0.15) is 5.26 Å². The molecule has 6 nitrogen and oxygen atoms in total. The molecule has 0 saturated heterocycles. The molecule has 2 aromatic heterocycles. The Balaban J connectivity index is 1.58. The lowest BCUT2D eigenvalue weighted by Crippen LogP contribution is -1.97. The summed E-state index contributed by atoms with van der Waals surface area (Å²) >= 11 is 0. The molecule has 26 heavy (non-hydrogen) atoms. The number of H-pyrrole nitrogens is 1. The molecule has 0 amide bonds. The highest BCUT2D eigenvalue weighted by atomic mass is 16.5. The van der Waals surface area contributed by atoms with Gasteiger partial charge in [0, 0.05) is 11.9 Å². The lowest BCUT2D eigenvalue weighted by molar-refractivity contribution is 0.479. The maximum atomic E-state index is 8.99. The molecule has 0 bridgehead atoms. The largest absolute Gasteiger partial charge is 0.457 e. The molecule has 2 N–H and O–H groups in total. The van der Waals surface area contributed by atoms with Crippen molar-refractivity contribution in [2.75, 3.05) is 5.32 Å². The van der Waals surface area contributed by atoms with Crippen molar-refractivity contribution in [3.63, 3.8) is 0 Å². The summed E-state index contributed by atoms with van der Waals surface area (Å²) in [6.45, 7) is 1.97. The molecule has 0 atom stereocenters. The molecule has 126 valence electrons. The summed E-state index contributed by atoms with van der Waals surface area (Å²) in [6.07, 6.45) is 3.37. The fourth-order valence-electron chi connectivity index (χ4n) is 2.70. The van der Waals surface area contributed by atoms with Gasteiger partial charge in [0.15, 0.2) is 5.82 Å². The molecule has 0 aliphatic carbocycles. The van der Waals surface area contributed by atoms with E-state index in [1.807, 2.05) is 43.5 Å². The average molecular weight is 341 g/mol. The number of fused-ring (bicyclic) bond motifs is 1. The van der Waals surface area contributed by atoms with Crippen LogP contribution < -0.4 is 10.1 Å². The lowest BCUT2D eigenvalue weighted by Gasteiger charge is -2.12. The predicted molar refractivity (Wildman–Crippen MR) is 99.6 cm³/mol. The number of hydrogen-bond acceptors (Lipinski definition) is 5. The van der Waals surface area contributed by atoms with E-state index in [9.17, 15) is 0 Å². The molecule has 0 aliphatic rings. The summed E-state index contributed by atoms with van der Waals surface area (Å²) in [5, 5.41) is 12.3. The number of aryl methyl sites for hydroxylation is 1. The molecule has 6 heteroatoms. The standard InChI is InChI=1S/C20H15N5O/c1-13-9-15(25-20-19-17(7-8-22-19)23-12-24-20)5-6-18(13)26-16-4-2-3-14(10-16)11-21/h2-10,12,22H,1H3,(H,23,24,25). The minimum atomic E-state index is 0.567. The Hall–Kier alpha value is -3.85. The predicted octanol–water partition coefficient (Wildman–Crippen LogP) is 4.67. The minimum absolute atomic E-state index is 0.567. The van der Waals surface area contributed by atoms with Gasteiger partial charge in [-0.15, -0.1) is 0 Å². The molecule has 0 unspecified atom stereocenters. The summed E-state index contributed by atoms with van der Waals surface area (Å²) in [4.78, 5) is 11.6. The summed E-state index contributed by atoms with van der Waals surface area (Å²) < 4.78 is 5.90. The maximum absolute atomic E-state index is 8.99. The Morgan fingerprint density at radius 3 is 2.88 bits per heavy atom. The number of rotatable bonds is 4. The fraction of sp³-hybridized carbons (Fsp3) is 0.0500. The van der Waals surface area contributed by atoms with Gasteiger partial charge >= 0.3 is 0 Å². The summed E-state index contributed by atoms with van der Waals surface area (Å²) in [7, 11) is 0. The van der Waals surface area contributed by atoms with Crippen LogP contribution in [0, 0.1) is 18.3 Å². The molecule has 2 heterocycles. The molecule has 4 rings (SSSR count). The molecular formula is C20H15N5O. The minimum Gasteiger partial charge on any atom is -0.457 e. The van der Waals surface area contributed by atoms with Gasteiger partial charge in [0.1, 0.15) is 23.3 Å². The first-order chi connectivity index (χ1) is 12.7. The number of benzene rings is 2. The summed E-state index contributed by atoms with van der Waals surface area (Å²) in [5.74, 6) is 2.09. The second-order valence-electron chi connectivity index (χ2n) is 5.81. The first-order valence-electron chi connectivity index (χ1n) is 8.07. The number of hydrogen-bond donors (Lipinski definition) is 2. The van der Waals surface area contributed by atoms with Gasteiger partial charge < -0.3 is 15.0 Å². The van der Waals surface area contributed by atoms with Crippen LogP contribution in [0.2, 0.25) is 0 Å². The smallest absolute Gasteiger partial charge is 0.158 e. The third kappa shape index (κ3) is 3.06. The SMILES string of the molecule is Cc1cc(Nc2ncnc3cc[nH]c23)ccc1Oc1cccc(C#N)c1. The Kier molecular flexibility index (Phi) is 3.96. The van der Waals surface area contributed by atoms with Crippen LogP contribution in [0.5, 0.6) is 11.5 Å². The van der Waals surface area contributed by atoms with Gasteiger partial charge in [-0.25, -0.2) is 9.97 Å². The van der Waals surface area contributed by atoms with E-state index in [1.54, 1.807) is 18.2 Å². The van der Waals surface area contributed by atoms with Gasteiger partial charge in [-0.05, 0) is 55.0 Å². The van der Waals surface area contributed by atoms with Crippen molar-refractivity contribution >= 4 is 22.5 Å². The van der Waals surface area contributed by atoms with Crippen molar-refractivity contribution in [1.29, 1.82) is 5.26 Å². The van der Waals surface area contributed by atoms with Crippen LogP contribution in [0.4, 0.5) is 11.5 Å². The number of nitrogens with zero attached hydrogens (tertiary/aromatic N) is 3. The highest BCUT2D eigenvalue weighted by molar-refractivity contribution is 5.87. The highest BCUT2D eigenvalue weighted by Crippen LogP contribution is 2.29. The van der Waals surface area contributed by atoms with E-state index in [0.717, 1.165) is 33.9 Å². The zero-order chi connectivity index (χ0) is 17.9. The van der Waals surface area contributed by atoms with E-state index in [1.165, 1.54) is 6.33 Å². The van der Waals surface area contributed by atoms with Crippen LogP contribution in [-0.2, 0) is 0 Å². The normalized spacial score (nSPS) is 10.5. The number of nitrogens with one attached hydrogen (secondary N) is 2. The molecule has 0 spiro atoms. The Morgan fingerprint density at radius 1 is 1.12 bits per heavy atom. The summed E-state index contributed by atoms with van der Waals surface area (Å²) in [5.41, 5.74) is 4.15. The molecule has 0 fully saturated rings. The van der Waals surface area contributed by atoms with Crippen molar-refractivity contribution < 1.29 is 4.74 Å². The number of aromatic amines is 1. The van der Waals surface area contributed by atoms with E-state index < -0.39 is 0 Å². The molecule has 4 aromatic rings. The Labute approximate surface area is 150 Å². The number of anilines is 2. The fourth-order valence-corrected chi connectivity index (χ4v) is 2.70. The van der Waals surface area contributed by atoms with E-state index >= 15 is 0 Å².